The van der Waals surface area contributed by atoms with Crippen molar-refractivity contribution < 1.29 is 4.74 Å². The number of thiazole rings is 1. The molecule has 0 saturated heterocycles. The van der Waals surface area contributed by atoms with Crippen LogP contribution >= 0.6 is 11.3 Å². The van der Waals surface area contributed by atoms with Gasteiger partial charge in [-0.25, -0.2) is 0 Å². The molecular formula is C15H23N3OS. The van der Waals surface area contributed by atoms with E-state index in [2.05, 4.69) is 26.3 Å². The Hall–Kier alpha value is -1.07. The van der Waals surface area contributed by atoms with Gasteiger partial charge in [0.2, 0.25) is 5.88 Å². The van der Waals surface area contributed by atoms with Gasteiger partial charge in [-0.3, -0.25) is 4.40 Å². The van der Waals surface area contributed by atoms with Gasteiger partial charge in [-0.1, -0.05) is 25.7 Å². The number of nitrogens with zero attached hydrogens (tertiary/aromatic N) is 2. The first-order chi connectivity index (χ1) is 9.88. The van der Waals surface area contributed by atoms with Crippen LogP contribution in [0.4, 0.5) is 0 Å². The minimum absolute atomic E-state index is 0.750. The van der Waals surface area contributed by atoms with Gasteiger partial charge in [0.05, 0.1) is 7.11 Å². The van der Waals surface area contributed by atoms with E-state index in [1.54, 1.807) is 18.4 Å². The first kappa shape index (κ1) is 13.9. The van der Waals surface area contributed by atoms with Gasteiger partial charge in [-0.2, -0.15) is 4.98 Å². The summed E-state index contributed by atoms with van der Waals surface area (Å²) < 4.78 is 7.48. The number of methoxy groups -OCH3 is 1. The molecule has 0 radical (unpaired) electrons. The quantitative estimate of drug-likeness (QED) is 0.795. The van der Waals surface area contributed by atoms with Crippen LogP contribution in [0.15, 0.2) is 11.6 Å². The summed E-state index contributed by atoms with van der Waals surface area (Å²) in [6, 6.07) is 0. The van der Waals surface area contributed by atoms with E-state index in [0.29, 0.717) is 0 Å². The van der Waals surface area contributed by atoms with E-state index in [1.165, 1.54) is 38.5 Å². The first-order valence-electron chi connectivity index (χ1n) is 7.57. The Balaban J connectivity index is 1.47. The summed E-state index contributed by atoms with van der Waals surface area (Å²) in [4.78, 5) is 5.48. The first-order valence-corrected chi connectivity index (χ1v) is 8.45. The van der Waals surface area contributed by atoms with Gasteiger partial charge in [0, 0.05) is 18.1 Å². The number of hydrogen-bond acceptors (Lipinski definition) is 4. The molecule has 3 rings (SSSR count). The highest BCUT2D eigenvalue weighted by atomic mass is 32.1. The van der Waals surface area contributed by atoms with Crippen LogP contribution in [0.1, 0.15) is 44.2 Å². The van der Waals surface area contributed by atoms with Crippen molar-refractivity contribution in [3.8, 4) is 5.88 Å². The topological polar surface area (TPSA) is 38.6 Å². The summed E-state index contributed by atoms with van der Waals surface area (Å²) in [6.07, 6.45) is 10.5. The standard InChI is InChI=1S/C15H23N3OS/c1-19-14-13(18-9-10-20-15(18)17-14)11-16-8-4-7-12-5-2-3-6-12/h9-10,12,16H,2-8,11H2,1H3. The molecule has 0 spiro atoms. The molecule has 1 aliphatic rings. The van der Waals surface area contributed by atoms with Crippen molar-refractivity contribution in [2.45, 2.75) is 45.1 Å². The van der Waals surface area contributed by atoms with Gasteiger partial charge >= 0.3 is 0 Å². The highest BCUT2D eigenvalue weighted by Crippen LogP contribution is 2.28. The zero-order chi connectivity index (χ0) is 13.8. The second-order valence-corrected chi connectivity index (χ2v) is 6.47. The molecule has 5 heteroatoms. The minimum Gasteiger partial charge on any atom is -0.480 e. The third kappa shape index (κ3) is 2.99. The highest BCUT2D eigenvalue weighted by Gasteiger charge is 2.15. The molecule has 1 aliphatic carbocycles. The van der Waals surface area contributed by atoms with E-state index in [-0.39, 0.29) is 0 Å². The van der Waals surface area contributed by atoms with Crippen LogP contribution in [0.2, 0.25) is 0 Å². The Morgan fingerprint density at radius 3 is 3.10 bits per heavy atom. The molecule has 1 saturated carbocycles. The van der Waals surface area contributed by atoms with E-state index >= 15 is 0 Å². The molecule has 110 valence electrons. The summed E-state index contributed by atoms with van der Waals surface area (Å²) in [7, 11) is 1.69. The molecule has 2 aromatic rings. The van der Waals surface area contributed by atoms with Crippen LogP contribution in [-0.4, -0.2) is 23.0 Å². The Labute approximate surface area is 124 Å². The summed E-state index contributed by atoms with van der Waals surface area (Å²) in [5.41, 5.74) is 1.13. The predicted octanol–water partition coefficient (Wildman–Crippen LogP) is 3.46. The van der Waals surface area contributed by atoms with E-state index in [1.807, 2.05) is 0 Å². The largest absolute Gasteiger partial charge is 0.480 e. The van der Waals surface area contributed by atoms with Gasteiger partial charge in [0.25, 0.3) is 0 Å². The van der Waals surface area contributed by atoms with Crippen molar-refractivity contribution in [3.63, 3.8) is 0 Å². The number of imidazole rings is 1. The van der Waals surface area contributed by atoms with Crippen LogP contribution in [0, 0.1) is 5.92 Å². The van der Waals surface area contributed by atoms with Crippen molar-refractivity contribution in [2.75, 3.05) is 13.7 Å². The Morgan fingerprint density at radius 2 is 2.30 bits per heavy atom. The second-order valence-electron chi connectivity index (χ2n) is 5.59. The fraction of sp³-hybridized carbons (Fsp3) is 0.667. The normalized spacial score (nSPS) is 16.2. The van der Waals surface area contributed by atoms with Crippen molar-refractivity contribution in [1.82, 2.24) is 14.7 Å². The average Bonchev–Trinajstić information content (AvgIpc) is 3.15. The van der Waals surface area contributed by atoms with Crippen LogP contribution < -0.4 is 10.1 Å². The number of ether oxygens (including phenoxy) is 1. The zero-order valence-electron chi connectivity index (χ0n) is 12.1. The maximum absolute atomic E-state index is 5.36. The van der Waals surface area contributed by atoms with Crippen molar-refractivity contribution >= 4 is 16.3 Å². The lowest BCUT2D eigenvalue weighted by molar-refractivity contribution is 0.392. The van der Waals surface area contributed by atoms with Gasteiger partial charge < -0.3 is 10.1 Å². The number of rotatable bonds is 7. The lowest BCUT2D eigenvalue weighted by Crippen LogP contribution is -2.17. The maximum Gasteiger partial charge on any atom is 0.237 e. The number of nitrogens with one attached hydrogen (secondary N) is 1. The fourth-order valence-corrected chi connectivity index (χ4v) is 3.88. The van der Waals surface area contributed by atoms with Gasteiger partial charge in [0.1, 0.15) is 5.69 Å². The molecule has 1 fully saturated rings. The number of hydrogen-bond donors (Lipinski definition) is 1. The van der Waals surface area contributed by atoms with Crippen molar-refractivity contribution in [2.24, 2.45) is 5.92 Å². The minimum atomic E-state index is 0.750. The molecular weight excluding hydrogens is 270 g/mol. The SMILES string of the molecule is COc1nc2sccn2c1CNCCCC1CCCC1. The van der Waals surface area contributed by atoms with Crippen LogP contribution in [0.25, 0.3) is 4.96 Å². The highest BCUT2D eigenvalue weighted by molar-refractivity contribution is 7.15. The van der Waals surface area contributed by atoms with E-state index in [0.717, 1.165) is 35.5 Å². The third-order valence-corrected chi connectivity index (χ3v) is 5.01. The molecule has 2 heterocycles. The van der Waals surface area contributed by atoms with E-state index in [9.17, 15) is 0 Å². The summed E-state index contributed by atoms with van der Waals surface area (Å²) in [5.74, 6) is 1.74. The molecule has 0 atom stereocenters. The lowest BCUT2D eigenvalue weighted by Gasteiger charge is -2.09. The molecule has 0 unspecified atom stereocenters. The average molecular weight is 293 g/mol. The summed E-state index contributed by atoms with van der Waals surface area (Å²) >= 11 is 1.64. The van der Waals surface area contributed by atoms with Gasteiger partial charge in [0.15, 0.2) is 4.96 Å². The van der Waals surface area contributed by atoms with Crippen LogP contribution in [0.5, 0.6) is 5.88 Å². The molecule has 0 amide bonds. The Morgan fingerprint density at radius 1 is 1.45 bits per heavy atom. The summed E-state index contributed by atoms with van der Waals surface area (Å²) in [6.45, 7) is 1.91. The molecule has 0 aromatic carbocycles. The smallest absolute Gasteiger partial charge is 0.237 e. The van der Waals surface area contributed by atoms with Gasteiger partial charge in [-0.05, 0) is 25.3 Å². The molecule has 0 bridgehead atoms. The molecule has 20 heavy (non-hydrogen) atoms. The van der Waals surface area contributed by atoms with Crippen LogP contribution in [-0.2, 0) is 6.54 Å². The fourth-order valence-electron chi connectivity index (χ4n) is 3.16. The van der Waals surface area contributed by atoms with Crippen LogP contribution in [0.3, 0.4) is 0 Å². The molecule has 2 aromatic heterocycles. The number of fused-ring (bicyclic) bond motifs is 1. The monoisotopic (exact) mass is 293 g/mol. The molecule has 1 N–H and O–H groups in total. The maximum atomic E-state index is 5.36. The Bertz CT molecular complexity index is 542. The predicted molar refractivity (Wildman–Crippen MR) is 82.5 cm³/mol. The van der Waals surface area contributed by atoms with E-state index < -0.39 is 0 Å². The number of aromatic nitrogens is 2. The Kier molecular flexibility index (Phi) is 4.58. The lowest BCUT2D eigenvalue weighted by atomic mass is 10.0. The van der Waals surface area contributed by atoms with Crippen molar-refractivity contribution in [1.29, 1.82) is 0 Å². The third-order valence-electron chi connectivity index (χ3n) is 4.25. The molecule has 0 aliphatic heterocycles. The summed E-state index contributed by atoms with van der Waals surface area (Å²) in [5, 5.41) is 5.59. The van der Waals surface area contributed by atoms with Crippen molar-refractivity contribution in [3.05, 3.63) is 17.3 Å². The van der Waals surface area contributed by atoms with Gasteiger partial charge in [-0.15, -0.1) is 11.3 Å². The molecule has 4 nitrogen and oxygen atoms in total. The second kappa shape index (κ2) is 6.59. The zero-order valence-corrected chi connectivity index (χ0v) is 12.9. The van der Waals surface area contributed by atoms with E-state index in [4.69, 9.17) is 4.74 Å².